The van der Waals surface area contributed by atoms with E-state index in [1.54, 1.807) is 6.92 Å². The highest BCUT2D eigenvalue weighted by atomic mass is 16.5. The van der Waals surface area contributed by atoms with Crippen LogP contribution < -0.4 is 11.1 Å². The molecule has 7 nitrogen and oxygen atoms in total. The number of nitrogen functional groups attached to an aromatic ring is 1. The van der Waals surface area contributed by atoms with E-state index in [1.807, 2.05) is 0 Å². The number of aromatic carboxylic acids is 1. The number of carboxylic acids is 1. The van der Waals surface area contributed by atoms with Gasteiger partial charge in [-0.1, -0.05) is 5.16 Å². The molecule has 0 radical (unpaired) electrons. The maximum atomic E-state index is 11.8. The van der Waals surface area contributed by atoms with Crippen LogP contribution in [0.3, 0.4) is 0 Å². The normalized spacial score (nSPS) is 10.2. The van der Waals surface area contributed by atoms with Gasteiger partial charge < -0.3 is 20.7 Å². The first-order valence-corrected chi connectivity index (χ1v) is 5.35. The van der Waals surface area contributed by atoms with Crippen LogP contribution in [0.4, 0.5) is 11.4 Å². The van der Waals surface area contributed by atoms with Crippen LogP contribution in [0.2, 0.25) is 0 Å². The first kappa shape index (κ1) is 12.6. The third-order valence-electron chi connectivity index (χ3n) is 2.37. The molecular formula is C12H11N3O4. The molecular weight excluding hydrogens is 250 g/mol. The summed E-state index contributed by atoms with van der Waals surface area (Å²) in [7, 11) is 0. The summed E-state index contributed by atoms with van der Waals surface area (Å²) in [6, 6.07) is 5.57. The molecule has 0 saturated carbocycles. The Morgan fingerprint density at radius 3 is 2.68 bits per heavy atom. The Bertz CT molecular complexity index is 648. The zero-order valence-electron chi connectivity index (χ0n) is 10.0. The van der Waals surface area contributed by atoms with E-state index >= 15 is 0 Å². The SMILES string of the molecule is Cc1cc(C(=O)Nc2cc(N)ccc2C(=O)O)on1. The van der Waals surface area contributed by atoms with Crippen molar-refractivity contribution in [3.63, 3.8) is 0 Å². The average Bonchev–Trinajstić information content (AvgIpc) is 2.75. The fraction of sp³-hybridized carbons (Fsp3) is 0.0833. The van der Waals surface area contributed by atoms with Crippen molar-refractivity contribution in [1.29, 1.82) is 0 Å². The van der Waals surface area contributed by atoms with Gasteiger partial charge in [-0.05, 0) is 25.1 Å². The van der Waals surface area contributed by atoms with Gasteiger partial charge in [0, 0.05) is 11.8 Å². The number of benzene rings is 1. The highest BCUT2D eigenvalue weighted by Crippen LogP contribution is 2.20. The van der Waals surface area contributed by atoms with Crippen molar-refractivity contribution in [1.82, 2.24) is 5.16 Å². The second-order valence-electron chi connectivity index (χ2n) is 3.90. The summed E-state index contributed by atoms with van der Waals surface area (Å²) in [5.74, 6) is -1.76. The third kappa shape index (κ3) is 2.71. The zero-order chi connectivity index (χ0) is 14.0. The number of carbonyl (C=O) groups is 2. The van der Waals surface area contributed by atoms with Gasteiger partial charge in [0.05, 0.1) is 16.9 Å². The predicted molar refractivity (Wildman–Crippen MR) is 67.0 cm³/mol. The van der Waals surface area contributed by atoms with Crippen LogP contribution >= 0.6 is 0 Å². The smallest absolute Gasteiger partial charge is 0.337 e. The molecule has 1 aromatic carbocycles. The van der Waals surface area contributed by atoms with E-state index in [0.29, 0.717) is 11.4 Å². The van der Waals surface area contributed by atoms with E-state index in [4.69, 9.17) is 15.4 Å². The monoisotopic (exact) mass is 261 g/mol. The van der Waals surface area contributed by atoms with Gasteiger partial charge in [-0.15, -0.1) is 0 Å². The third-order valence-corrected chi connectivity index (χ3v) is 2.37. The summed E-state index contributed by atoms with van der Waals surface area (Å²) < 4.78 is 4.79. The Morgan fingerprint density at radius 1 is 1.37 bits per heavy atom. The number of nitrogens with one attached hydrogen (secondary N) is 1. The maximum absolute atomic E-state index is 11.8. The molecule has 0 unspecified atom stereocenters. The predicted octanol–water partition coefficient (Wildman–Crippen LogP) is 1.52. The number of amides is 1. The molecule has 4 N–H and O–H groups in total. The first-order chi connectivity index (χ1) is 8.97. The van der Waals surface area contributed by atoms with Crippen LogP contribution in [0.1, 0.15) is 26.6 Å². The van der Waals surface area contributed by atoms with Gasteiger partial charge >= 0.3 is 5.97 Å². The Balaban J connectivity index is 2.30. The fourth-order valence-corrected chi connectivity index (χ4v) is 1.51. The second-order valence-corrected chi connectivity index (χ2v) is 3.90. The summed E-state index contributed by atoms with van der Waals surface area (Å²) in [6.45, 7) is 1.67. The van der Waals surface area contributed by atoms with E-state index in [1.165, 1.54) is 24.3 Å². The number of hydrogen-bond donors (Lipinski definition) is 3. The Hall–Kier alpha value is -2.83. The lowest BCUT2D eigenvalue weighted by molar-refractivity contribution is 0.0698. The number of aromatic nitrogens is 1. The van der Waals surface area contributed by atoms with Crippen LogP contribution in [-0.4, -0.2) is 22.1 Å². The molecule has 7 heteroatoms. The minimum absolute atomic E-state index is 0.00346. The Kier molecular flexibility index (Phi) is 3.19. The van der Waals surface area contributed by atoms with Gasteiger partial charge in [0.2, 0.25) is 5.76 Å². The molecule has 2 rings (SSSR count). The van der Waals surface area contributed by atoms with Crippen LogP contribution in [0.5, 0.6) is 0 Å². The Morgan fingerprint density at radius 2 is 2.11 bits per heavy atom. The summed E-state index contributed by atoms with van der Waals surface area (Å²) in [4.78, 5) is 22.9. The van der Waals surface area contributed by atoms with Gasteiger partial charge in [-0.25, -0.2) is 4.79 Å². The minimum atomic E-state index is -1.16. The van der Waals surface area contributed by atoms with Crippen LogP contribution in [0.15, 0.2) is 28.8 Å². The quantitative estimate of drug-likeness (QED) is 0.721. The van der Waals surface area contributed by atoms with Crippen molar-refractivity contribution in [2.75, 3.05) is 11.1 Å². The molecule has 1 amide bonds. The van der Waals surface area contributed by atoms with Gasteiger partial charge in [0.25, 0.3) is 5.91 Å². The molecule has 0 aliphatic heterocycles. The molecule has 1 heterocycles. The number of aryl methyl sites for hydroxylation is 1. The summed E-state index contributed by atoms with van der Waals surface area (Å²) in [6.07, 6.45) is 0. The van der Waals surface area contributed by atoms with Crippen molar-refractivity contribution < 1.29 is 19.2 Å². The minimum Gasteiger partial charge on any atom is -0.478 e. The number of anilines is 2. The van der Waals surface area contributed by atoms with Gasteiger partial charge in [0.15, 0.2) is 0 Å². The van der Waals surface area contributed by atoms with Crippen LogP contribution in [0.25, 0.3) is 0 Å². The maximum Gasteiger partial charge on any atom is 0.337 e. The van der Waals surface area contributed by atoms with E-state index < -0.39 is 11.9 Å². The van der Waals surface area contributed by atoms with E-state index in [0.717, 1.165) is 0 Å². The number of carbonyl (C=O) groups excluding carboxylic acids is 1. The lowest BCUT2D eigenvalue weighted by Gasteiger charge is -2.07. The molecule has 0 atom stereocenters. The van der Waals surface area contributed by atoms with Crippen molar-refractivity contribution >= 4 is 23.3 Å². The fourth-order valence-electron chi connectivity index (χ4n) is 1.51. The van der Waals surface area contributed by atoms with Gasteiger partial charge in [-0.3, -0.25) is 4.79 Å². The molecule has 19 heavy (non-hydrogen) atoms. The van der Waals surface area contributed by atoms with Crippen molar-refractivity contribution in [2.24, 2.45) is 0 Å². The largest absolute Gasteiger partial charge is 0.478 e. The summed E-state index contributed by atoms with van der Waals surface area (Å²) >= 11 is 0. The molecule has 2 aromatic rings. The number of nitrogens with two attached hydrogens (primary N) is 1. The standard InChI is InChI=1S/C12H11N3O4/c1-6-4-10(19-15-6)11(16)14-9-5-7(13)2-3-8(9)12(17)18/h2-5H,13H2,1H3,(H,14,16)(H,17,18). The molecule has 0 aliphatic rings. The molecule has 98 valence electrons. The van der Waals surface area contributed by atoms with Crippen molar-refractivity contribution in [3.05, 3.63) is 41.3 Å². The van der Waals surface area contributed by atoms with Crippen molar-refractivity contribution in [2.45, 2.75) is 6.92 Å². The first-order valence-electron chi connectivity index (χ1n) is 5.35. The molecule has 0 spiro atoms. The molecule has 0 bridgehead atoms. The molecule has 0 aliphatic carbocycles. The van der Waals surface area contributed by atoms with E-state index in [-0.39, 0.29) is 17.0 Å². The van der Waals surface area contributed by atoms with Crippen molar-refractivity contribution in [3.8, 4) is 0 Å². The van der Waals surface area contributed by atoms with E-state index in [2.05, 4.69) is 10.5 Å². The van der Waals surface area contributed by atoms with E-state index in [9.17, 15) is 9.59 Å². The topological polar surface area (TPSA) is 118 Å². The van der Waals surface area contributed by atoms with Gasteiger partial charge in [0.1, 0.15) is 0 Å². The lowest BCUT2D eigenvalue weighted by atomic mass is 10.1. The number of hydrogen-bond acceptors (Lipinski definition) is 5. The number of carboxylic acid groups (broad SMARTS) is 1. The number of rotatable bonds is 3. The highest BCUT2D eigenvalue weighted by Gasteiger charge is 2.16. The summed E-state index contributed by atoms with van der Waals surface area (Å²) in [5.41, 5.74) is 6.51. The zero-order valence-corrected chi connectivity index (χ0v) is 10.0. The molecule has 0 fully saturated rings. The van der Waals surface area contributed by atoms with Crippen LogP contribution in [0, 0.1) is 6.92 Å². The average molecular weight is 261 g/mol. The van der Waals surface area contributed by atoms with Crippen LogP contribution in [-0.2, 0) is 0 Å². The lowest BCUT2D eigenvalue weighted by Crippen LogP contribution is -2.14. The Labute approximate surface area is 108 Å². The summed E-state index contributed by atoms with van der Waals surface area (Å²) in [5, 5.41) is 15.0. The highest BCUT2D eigenvalue weighted by molar-refractivity contribution is 6.06. The molecule has 0 saturated heterocycles. The van der Waals surface area contributed by atoms with Gasteiger partial charge in [-0.2, -0.15) is 0 Å². The molecule has 1 aromatic heterocycles. The second kappa shape index (κ2) is 4.81. The number of nitrogens with zero attached hydrogens (tertiary/aromatic N) is 1.